The van der Waals surface area contributed by atoms with Crippen molar-refractivity contribution < 1.29 is 23.4 Å². The topological polar surface area (TPSA) is 49.8 Å². The van der Waals surface area contributed by atoms with Crippen molar-refractivity contribution >= 4 is 5.91 Å². The van der Waals surface area contributed by atoms with Crippen molar-refractivity contribution in [1.82, 2.24) is 4.90 Å². The van der Waals surface area contributed by atoms with Crippen molar-refractivity contribution in [1.29, 1.82) is 0 Å². The highest BCUT2D eigenvalue weighted by molar-refractivity contribution is 5.77. The second-order valence-corrected chi connectivity index (χ2v) is 6.88. The summed E-state index contributed by atoms with van der Waals surface area (Å²) in [6, 6.07) is 3.26. The molecular formula is C18H23F2NO3. The van der Waals surface area contributed by atoms with Gasteiger partial charge >= 0.3 is 0 Å². The Bertz CT molecular complexity index is 594. The lowest BCUT2D eigenvalue weighted by Gasteiger charge is -2.34. The number of carbonyl (C=O) groups excluding carboxylic acids is 1. The molecule has 1 aliphatic heterocycles. The second-order valence-electron chi connectivity index (χ2n) is 6.88. The summed E-state index contributed by atoms with van der Waals surface area (Å²) >= 11 is 0. The first kappa shape index (κ1) is 17.1. The number of amides is 1. The van der Waals surface area contributed by atoms with Crippen LogP contribution in [0.4, 0.5) is 8.78 Å². The molecule has 1 heterocycles. The van der Waals surface area contributed by atoms with E-state index < -0.39 is 17.2 Å². The van der Waals surface area contributed by atoms with E-state index in [4.69, 9.17) is 4.74 Å². The Morgan fingerprint density at radius 2 is 1.92 bits per heavy atom. The lowest BCUT2D eigenvalue weighted by Crippen LogP contribution is -2.44. The number of hydrogen-bond acceptors (Lipinski definition) is 3. The molecule has 1 aromatic carbocycles. The first-order chi connectivity index (χ1) is 11.5. The molecule has 0 aromatic heterocycles. The maximum Gasteiger partial charge on any atom is 0.225 e. The standard InChI is InChI=1S/C18H23F2NO3/c19-13-3-4-16(15(20)11-13)24-14-5-9-21(10-6-14)17(22)12-18(23)7-1-2-8-18/h3-4,11,14,23H,1-2,5-10,12H2. The zero-order valence-electron chi connectivity index (χ0n) is 13.6. The van der Waals surface area contributed by atoms with Crippen molar-refractivity contribution in [2.45, 2.75) is 56.7 Å². The first-order valence-corrected chi connectivity index (χ1v) is 8.57. The van der Waals surface area contributed by atoms with Gasteiger partial charge in [0.2, 0.25) is 5.91 Å². The number of carbonyl (C=O) groups is 1. The lowest BCUT2D eigenvalue weighted by atomic mass is 9.96. The fourth-order valence-electron chi connectivity index (χ4n) is 3.58. The molecule has 0 radical (unpaired) electrons. The number of benzene rings is 1. The molecule has 1 saturated carbocycles. The maximum atomic E-state index is 13.6. The van der Waals surface area contributed by atoms with E-state index in [1.807, 2.05) is 0 Å². The van der Waals surface area contributed by atoms with E-state index in [1.54, 1.807) is 4.90 Å². The third-order valence-corrected chi connectivity index (χ3v) is 5.00. The van der Waals surface area contributed by atoms with Gasteiger partial charge in [0.05, 0.1) is 12.0 Å². The fourth-order valence-corrected chi connectivity index (χ4v) is 3.58. The molecule has 0 atom stereocenters. The number of aliphatic hydroxyl groups is 1. The predicted molar refractivity (Wildman–Crippen MR) is 84.6 cm³/mol. The number of piperidine rings is 1. The fraction of sp³-hybridized carbons (Fsp3) is 0.611. The molecule has 0 unspecified atom stereocenters. The van der Waals surface area contributed by atoms with Gasteiger partial charge in [-0.05, 0) is 25.0 Å². The summed E-state index contributed by atoms with van der Waals surface area (Å²) in [4.78, 5) is 14.1. The molecule has 1 N–H and O–H groups in total. The Labute approximate surface area is 140 Å². The van der Waals surface area contributed by atoms with Crippen LogP contribution in [-0.2, 0) is 4.79 Å². The minimum absolute atomic E-state index is 0.0224. The predicted octanol–water partition coefficient (Wildman–Crippen LogP) is 3.03. The van der Waals surface area contributed by atoms with Gasteiger partial charge in [0.1, 0.15) is 11.9 Å². The Morgan fingerprint density at radius 1 is 1.25 bits per heavy atom. The first-order valence-electron chi connectivity index (χ1n) is 8.57. The van der Waals surface area contributed by atoms with Crippen LogP contribution in [0.15, 0.2) is 18.2 Å². The van der Waals surface area contributed by atoms with E-state index in [2.05, 4.69) is 0 Å². The minimum atomic E-state index is -0.832. The van der Waals surface area contributed by atoms with E-state index in [1.165, 1.54) is 12.1 Å². The lowest BCUT2D eigenvalue weighted by molar-refractivity contribution is -0.138. The summed E-state index contributed by atoms with van der Waals surface area (Å²) < 4.78 is 32.1. The molecule has 3 rings (SSSR count). The highest BCUT2D eigenvalue weighted by Gasteiger charge is 2.35. The molecule has 0 bridgehead atoms. The van der Waals surface area contributed by atoms with E-state index in [9.17, 15) is 18.7 Å². The van der Waals surface area contributed by atoms with Gasteiger partial charge < -0.3 is 14.7 Å². The van der Waals surface area contributed by atoms with Crippen LogP contribution in [0.5, 0.6) is 5.75 Å². The highest BCUT2D eigenvalue weighted by atomic mass is 19.1. The Morgan fingerprint density at radius 3 is 2.54 bits per heavy atom. The summed E-state index contributed by atoms with van der Waals surface area (Å²) in [5.74, 6) is -1.32. The average Bonchev–Trinajstić information content (AvgIpc) is 2.97. The van der Waals surface area contributed by atoms with Crippen molar-refractivity contribution in [3.8, 4) is 5.75 Å². The zero-order chi connectivity index (χ0) is 17.2. The van der Waals surface area contributed by atoms with Crippen LogP contribution in [-0.4, -0.2) is 40.7 Å². The van der Waals surface area contributed by atoms with Crippen LogP contribution in [0, 0.1) is 11.6 Å². The number of rotatable bonds is 4. The molecule has 24 heavy (non-hydrogen) atoms. The van der Waals surface area contributed by atoms with Crippen LogP contribution in [0.25, 0.3) is 0 Å². The van der Waals surface area contributed by atoms with Gasteiger partial charge in [-0.1, -0.05) is 12.8 Å². The highest BCUT2D eigenvalue weighted by Crippen LogP contribution is 2.33. The van der Waals surface area contributed by atoms with Gasteiger partial charge in [-0.2, -0.15) is 0 Å². The van der Waals surface area contributed by atoms with Gasteiger partial charge in [-0.3, -0.25) is 4.79 Å². The quantitative estimate of drug-likeness (QED) is 0.917. The Hall–Kier alpha value is -1.69. The number of ether oxygens (including phenoxy) is 1. The number of hydrogen-bond donors (Lipinski definition) is 1. The van der Waals surface area contributed by atoms with Gasteiger partial charge in [0, 0.05) is 32.0 Å². The van der Waals surface area contributed by atoms with Crippen LogP contribution < -0.4 is 4.74 Å². The molecular weight excluding hydrogens is 316 g/mol. The molecule has 6 heteroatoms. The van der Waals surface area contributed by atoms with Gasteiger partial charge in [-0.15, -0.1) is 0 Å². The largest absolute Gasteiger partial charge is 0.487 e. The van der Waals surface area contributed by atoms with Gasteiger partial charge in [0.15, 0.2) is 11.6 Å². The van der Waals surface area contributed by atoms with Crippen LogP contribution in [0.1, 0.15) is 44.9 Å². The summed E-state index contributed by atoms with van der Waals surface area (Å²) in [6.45, 7) is 1.06. The van der Waals surface area contributed by atoms with E-state index in [-0.39, 0.29) is 24.2 Å². The third-order valence-electron chi connectivity index (χ3n) is 5.00. The van der Waals surface area contributed by atoms with E-state index in [0.717, 1.165) is 18.9 Å². The monoisotopic (exact) mass is 339 g/mol. The Kier molecular flexibility index (Phi) is 5.04. The molecule has 0 spiro atoms. The minimum Gasteiger partial charge on any atom is -0.487 e. The molecule has 1 saturated heterocycles. The van der Waals surface area contributed by atoms with E-state index in [0.29, 0.717) is 38.8 Å². The van der Waals surface area contributed by atoms with E-state index >= 15 is 0 Å². The van der Waals surface area contributed by atoms with Crippen molar-refractivity contribution in [2.75, 3.05) is 13.1 Å². The summed E-state index contributed by atoms with van der Waals surface area (Å²) in [5, 5.41) is 10.3. The number of nitrogens with zero attached hydrogens (tertiary/aromatic N) is 1. The number of halogens is 2. The molecule has 132 valence electrons. The van der Waals surface area contributed by atoms with Crippen molar-refractivity contribution in [2.24, 2.45) is 0 Å². The van der Waals surface area contributed by atoms with Crippen LogP contribution in [0.3, 0.4) is 0 Å². The molecule has 2 fully saturated rings. The molecule has 1 aromatic rings. The summed E-state index contributed by atoms with van der Waals surface area (Å²) in [6.07, 6.45) is 4.53. The van der Waals surface area contributed by atoms with Crippen molar-refractivity contribution in [3.05, 3.63) is 29.8 Å². The maximum absolute atomic E-state index is 13.6. The molecule has 4 nitrogen and oxygen atoms in total. The second kappa shape index (κ2) is 7.05. The summed E-state index contributed by atoms with van der Waals surface area (Å²) in [5.41, 5.74) is -0.832. The average molecular weight is 339 g/mol. The third kappa shape index (κ3) is 4.04. The van der Waals surface area contributed by atoms with Crippen molar-refractivity contribution in [3.63, 3.8) is 0 Å². The molecule has 2 aliphatic rings. The van der Waals surface area contributed by atoms with Crippen LogP contribution >= 0.6 is 0 Å². The Balaban J connectivity index is 1.49. The van der Waals surface area contributed by atoms with Gasteiger partial charge in [0.25, 0.3) is 0 Å². The molecule has 1 aliphatic carbocycles. The zero-order valence-corrected chi connectivity index (χ0v) is 13.6. The van der Waals surface area contributed by atoms with Gasteiger partial charge in [-0.25, -0.2) is 8.78 Å². The SMILES string of the molecule is O=C(CC1(O)CCCC1)N1CCC(Oc2ccc(F)cc2F)CC1. The van der Waals surface area contributed by atoms with Crippen LogP contribution in [0.2, 0.25) is 0 Å². The number of likely N-dealkylation sites (tertiary alicyclic amines) is 1. The normalized spacial score (nSPS) is 21.0. The molecule has 1 amide bonds. The summed E-state index contributed by atoms with van der Waals surface area (Å²) in [7, 11) is 0. The smallest absolute Gasteiger partial charge is 0.225 e.